The molecular weight excluding hydrogens is 254 g/mol. The number of likely N-dealkylation sites (N-methyl/N-ethyl adjacent to an activating group) is 1. The normalized spacial score (nSPS) is 15.0. The molecular formula is C20H25N. The van der Waals surface area contributed by atoms with Crippen LogP contribution in [0.2, 0.25) is 0 Å². The Morgan fingerprint density at radius 2 is 1.76 bits per heavy atom. The van der Waals surface area contributed by atoms with Gasteiger partial charge in [0.05, 0.1) is 0 Å². The van der Waals surface area contributed by atoms with E-state index in [0.717, 1.165) is 13.0 Å². The number of rotatable bonds is 5. The van der Waals surface area contributed by atoms with E-state index >= 15 is 0 Å². The molecule has 1 aliphatic carbocycles. The fraction of sp³-hybridized carbons (Fsp3) is 0.400. The van der Waals surface area contributed by atoms with Gasteiger partial charge in [-0.2, -0.15) is 0 Å². The topological polar surface area (TPSA) is 12.0 Å². The minimum Gasteiger partial charge on any atom is -0.310 e. The van der Waals surface area contributed by atoms with Crippen molar-refractivity contribution in [2.45, 2.75) is 45.6 Å². The van der Waals surface area contributed by atoms with E-state index in [4.69, 9.17) is 0 Å². The van der Waals surface area contributed by atoms with Crippen LogP contribution in [0.3, 0.4) is 0 Å². The van der Waals surface area contributed by atoms with Crippen LogP contribution in [0.1, 0.15) is 47.2 Å². The number of aryl methyl sites for hydroxylation is 3. The number of hydrogen-bond acceptors (Lipinski definition) is 1. The van der Waals surface area contributed by atoms with E-state index in [-0.39, 0.29) is 0 Å². The van der Waals surface area contributed by atoms with Crippen molar-refractivity contribution in [3.63, 3.8) is 0 Å². The smallest absolute Gasteiger partial charge is 0.0360 e. The third-order valence-corrected chi connectivity index (χ3v) is 4.54. The Bertz CT molecular complexity index is 598. The maximum absolute atomic E-state index is 3.65. The molecule has 3 rings (SSSR count). The zero-order chi connectivity index (χ0) is 14.7. The minimum absolute atomic E-state index is 0.420. The predicted molar refractivity (Wildman–Crippen MR) is 89.8 cm³/mol. The van der Waals surface area contributed by atoms with Crippen LogP contribution < -0.4 is 5.32 Å². The summed E-state index contributed by atoms with van der Waals surface area (Å²) >= 11 is 0. The fourth-order valence-electron chi connectivity index (χ4n) is 3.32. The average molecular weight is 279 g/mol. The van der Waals surface area contributed by atoms with E-state index < -0.39 is 0 Å². The van der Waals surface area contributed by atoms with Crippen molar-refractivity contribution in [3.05, 3.63) is 70.3 Å². The first-order valence-corrected chi connectivity index (χ1v) is 8.17. The van der Waals surface area contributed by atoms with Crippen LogP contribution >= 0.6 is 0 Å². The first kappa shape index (κ1) is 14.3. The fourth-order valence-corrected chi connectivity index (χ4v) is 3.32. The summed E-state index contributed by atoms with van der Waals surface area (Å²) in [6, 6.07) is 16.5. The second kappa shape index (κ2) is 6.44. The highest BCUT2D eigenvalue weighted by Crippen LogP contribution is 2.27. The maximum Gasteiger partial charge on any atom is 0.0360 e. The zero-order valence-corrected chi connectivity index (χ0v) is 13.2. The Balaban J connectivity index is 1.82. The predicted octanol–water partition coefficient (Wildman–Crippen LogP) is 4.38. The summed E-state index contributed by atoms with van der Waals surface area (Å²) in [6.45, 7) is 5.34. The lowest BCUT2D eigenvalue weighted by Gasteiger charge is -2.20. The lowest BCUT2D eigenvalue weighted by molar-refractivity contribution is 0.549. The van der Waals surface area contributed by atoms with Crippen molar-refractivity contribution in [3.8, 4) is 0 Å². The highest BCUT2D eigenvalue weighted by Gasteiger charge is 2.16. The van der Waals surface area contributed by atoms with Gasteiger partial charge in [-0.15, -0.1) is 0 Å². The zero-order valence-electron chi connectivity index (χ0n) is 13.2. The first-order chi connectivity index (χ1) is 10.3. The average Bonchev–Trinajstić information content (AvgIpc) is 2.96. The monoisotopic (exact) mass is 279 g/mol. The molecule has 1 atom stereocenters. The summed E-state index contributed by atoms with van der Waals surface area (Å²) in [4.78, 5) is 0. The van der Waals surface area contributed by atoms with Crippen molar-refractivity contribution in [1.29, 1.82) is 0 Å². The van der Waals surface area contributed by atoms with Gasteiger partial charge in [-0.05, 0) is 61.4 Å². The van der Waals surface area contributed by atoms with Crippen LogP contribution in [0.4, 0.5) is 0 Å². The summed E-state index contributed by atoms with van der Waals surface area (Å²) in [7, 11) is 0. The Morgan fingerprint density at radius 3 is 2.52 bits per heavy atom. The number of fused-ring (bicyclic) bond motifs is 1. The van der Waals surface area contributed by atoms with Crippen molar-refractivity contribution in [1.82, 2.24) is 5.32 Å². The highest BCUT2D eigenvalue weighted by molar-refractivity contribution is 5.37. The number of benzene rings is 2. The van der Waals surface area contributed by atoms with E-state index in [2.05, 4.69) is 61.6 Å². The SMILES string of the molecule is CCNC(Cc1ccc(C)cc1)c1ccc2c(c1)CCC2. The van der Waals surface area contributed by atoms with E-state index in [9.17, 15) is 0 Å². The first-order valence-electron chi connectivity index (χ1n) is 8.17. The number of nitrogens with one attached hydrogen (secondary N) is 1. The Kier molecular flexibility index (Phi) is 4.40. The van der Waals surface area contributed by atoms with Gasteiger partial charge in [-0.25, -0.2) is 0 Å². The molecule has 1 aliphatic rings. The summed E-state index contributed by atoms with van der Waals surface area (Å²) in [5, 5.41) is 3.65. The molecule has 0 amide bonds. The Hall–Kier alpha value is -1.60. The summed E-state index contributed by atoms with van der Waals surface area (Å²) < 4.78 is 0. The second-order valence-corrected chi connectivity index (χ2v) is 6.18. The quantitative estimate of drug-likeness (QED) is 0.856. The lowest BCUT2D eigenvalue weighted by atomic mass is 9.95. The molecule has 1 unspecified atom stereocenters. The van der Waals surface area contributed by atoms with Crippen LogP contribution in [0.15, 0.2) is 42.5 Å². The molecule has 2 aromatic carbocycles. The molecule has 0 spiro atoms. The highest BCUT2D eigenvalue weighted by atomic mass is 14.9. The van der Waals surface area contributed by atoms with Crippen LogP contribution in [-0.4, -0.2) is 6.54 Å². The molecule has 0 heterocycles. The van der Waals surface area contributed by atoms with Crippen LogP contribution in [-0.2, 0) is 19.3 Å². The summed E-state index contributed by atoms with van der Waals surface area (Å²) in [5.41, 5.74) is 7.31. The maximum atomic E-state index is 3.65. The van der Waals surface area contributed by atoms with Crippen molar-refractivity contribution >= 4 is 0 Å². The van der Waals surface area contributed by atoms with Crippen LogP contribution in [0.25, 0.3) is 0 Å². The molecule has 0 radical (unpaired) electrons. The molecule has 1 N–H and O–H groups in total. The van der Waals surface area contributed by atoms with Gasteiger partial charge >= 0.3 is 0 Å². The molecule has 0 fully saturated rings. The van der Waals surface area contributed by atoms with E-state index in [1.807, 2.05) is 0 Å². The van der Waals surface area contributed by atoms with Gasteiger partial charge in [-0.3, -0.25) is 0 Å². The number of hydrogen-bond donors (Lipinski definition) is 1. The largest absolute Gasteiger partial charge is 0.310 e. The van der Waals surface area contributed by atoms with E-state index in [1.165, 1.54) is 36.0 Å². The summed E-state index contributed by atoms with van der Waals surface area (Å²) in [6.07, 6.45) is 4.90. The standard InChI is InChI=1S/C20H25N/c1-3-21-20(13-16-9-7-15(2)8-10-16)19-12-11-17-5-4-6-18(17)14-19/h7-12,14,20-21H,3-6,13H2,1-2H3. The molecule has 0 bridgehead atoms. The van der Waals surface area contributed by atoms with Gasteiger partial charge in [-0.1, -0.05) is 55.0 Å². The Morgan fingerprint density at radius 1 is 1.00 bits per heavy atom. The van der Waals surface area contributed by atoms with Crippen LogP contribution in [0.5, 0.6) is 0 Å². The van der Waals surface area contributed by atoms with Crippen molar-refractivity contribution < 1.29 is 0 Å². The van der Waals surface area contributed by atoms with Crippen molar-refractivity contribution in [2.24, 2.45) is 0 Å². The van der Waals surface area contributed by atoms with Crippen LogP contribution in [0, 0.1) is 6.92 Å². The second-order valence-electron chi connectivity index (χ2n) is 6.18. The third kappa shape index (κ3) is 3.36. The molecule has 0 aromatic heterocycles. The molecule has 0 saturated heterocycles. The van der Waals surface area contributed by atoms with Crippen molar-refractivity contribution in [2.75, 3.05) is 6.54 Å². The van der Waals surface area contributed by atoms with Gasteiger partial charge in [0.2, 0.25) is 0 Å². The molecule has 0 aliphatic heterocycles. The van der Waals surface area contributed by atoms with Gasteiger partial charge in [0.25, 0.3) is 0 Å². The molecule has 2 aromatic rings. The molecule has 1 heteroatoms. The molecule has 0 saturated carbocycles. The molecule has 21 heavy (non-hydrogen) atoms. The third-order valence-electron chi connectivity index (χ3n) is 4.54. The lowest BCUT2D eigenvalue weighted by Crippen LogP contribution is -2.23. The van der Waals surface area contributed by atoms with Gasteiger partial charge in [0, 0.05) is 6.04 Å². The minimum atomic E-state index is 0.420. The summed E-state index contributed by atoms with van der Waals surface area (Å²) in [5.74, 6) is 0. The van der Waals surface area contributed by atoms with Gasteiger partial charge in [0.1, 0.15) is 0 Å². The molecule has 1 nitrogen and oxygen atoms in total. The van der Waals surface area contributed by atoms with E-state index in [1.54, 1.807) is 11.1 Å². The Labute approximate surface area is 128 Å². The van der Waals surface area contributed by atoms with Gasteiger partial charge in [0.15, 0.2) is 0 Å². The molecule has 110 valence electrons. The van der Waals surface area contributed by atoms with E-state index in [0.29, 0.717) is 6.04 Å². The van der Waals surface area contributed by atoms with Gasteiger partial charge < -0.3 is 5.32 Å².